The fraction of sp³-hybridized carbons (Fsp3) is 0.267. The second-order valence-electron chi connectivity index (χ2n) is 4.14. The van der Waals surface area contributed by atoms with E-state index >= 15 is 0 Å². The minimum absolute atomic E-state index is 0.531. The first-order valence-electron chi connectivity index (χ1n) is 5.82. The van der Waals surface area contributed by atoms with Crippen LogP contribution in [0.15, 0.2) is 48.7 Å². The molecule has 0 spiro atoms. The van der Waals surface area contributed by atoms with Gasteiger partial charge in [0, 0.05) is 11.9 Å². The van der Waals surface area contributed by atoms with E-state index in [2.05, 4.69) is 55.2 Å². The van der Waals surface area contributed by atoms with Gasteiger partial charge in [0.05, 0.1) is 0 Å². The molecule has 0 amide bonds. The highest BCUT2D eigenvalue weighted by Crippen LogP contribution is 2.23. The summed E-state index contributed by atoms with van der Waals surface area (Å²) in [6, 6.07) is 14.7. The van der Waals surface area contributed by atoms with E-state index in [1.807, 2.05) is 12.3 Å². The normalized spacial score (nSPS) is 12.4. The average Bonchev–Trinajstić information content (AvgIpc) is 2.39. The van der Waals surface area contributed by atoms with Crippen molar-refractivity contribution < 1.29 is 0 Å². The minimum Gasteiger partial charge on any atom is -0.261 e. The van der Waals surface area contributed by atoms with Gasteiger partial charge in [0.25, 0.3) is 0 Å². The molecule has 1 nitrogen and oxygen atoms in total. The zero-order chi connectivity index (χ0) is 11.4. The first kappa shape index (κ1) is 10.9. The van der Waals surface area contributed by atoms with Gasteiger partial charge in [-0.1, -0.05) is 44.2 Å². The molecule has 0 aliphatic heterocycles. The molecule has 1 unspecified atom stereocenters. The van der Waals surface area contributed by atoms with E-state index < -0.39 is 0 Å². The lowest BCUT2D eigenvalue weighted by Gasteiger charge is -2.09. The molecule has 16 heavy (non-hydrogen) atoms. The molecular weight excluding hydrogens is 194 g/mol. The molecule has 0 aliphatic carbocycles. The second-order valence-corrected chi connectivity index (χ2v) is 4.14. The van der Waals surface area contributed by atoms with E-state index in [4.69, 9.17) is 0 Å². The Bertz CT molecular complexity index is 448. The lowest BCUT2D eigenvalue weighted by molar-refractivity contribution is 0.708. The molecule has 0 N–H and O–H groups in total. The molecule has 0 radical (unpaired) electrons. The topological polar surface area (TPSA) is 12.9 Å². The van der Waals surface area contributed by atoms with Crippen LogP contribution in [0.2, 0.25) is 0 Å². The third kappa shape index (κ3) is 2.30. The molecule has 2 rings (SSSR count). The summed E-state index contributed by atoms with van der Waals surface area (Å²) in [7, 11) is 0. The highest BCUT2D eigenvalue weighted by molar-refractivity contribution is 5.63. The van der Waals surface area contributed by atoms with Gasteiger partial charge >= 0.3 is 0 Å². The van der Waals surface area contributed by atoms with Crippen molar-refractivity contribution in [3.63, 3.8) is 0 Å². The Kier molecular flexibility index (Phi) is 3.35. The van der Waals surface area contributed by atoms with Crippen LogP contribution in [0.4, 0.5) is 0 Å². The molecule has 1 heteroatoms. The summed E-state index contributed by atoms with van der Waals surface area (Å²) in [6.07, 6.45) is 3.04. The molecule has 0 bridgehead atoms. The van der Waals surface area contributed by atoms with E-state index in [0.717, 1.165) is 6.42 Å². The molecule has 0 aliphatic rings. The third-order valence-electron chi connectivity index (χ3n) is 3.01. The number of nitrogens with zero attached hydrogens (tertiary/aromatic N) is 1. The van der Waals surface area contributed by atoms with Gasteiger partial charge in [0.1, 0.15) is 0 Å². The van der Waals surface area contributed by atoms with Crippen molar-refractivity contribution in [2.75, 3.05) is 0 Å². The Morgan fingerprint density at radius 1 is 1.06 bits per heavy atom. The highest BCUT2D eigenvalue weighted by Gasteiger charge is 2.05. The van der Waals surface area contributed by atoms with Gasteiger partial charge in [-0.25, -0.2) is 0 Å². The third-order valence-corrected chi connectivity index (χ3v) is 3.01. The zero-order valence-electron chi connectivity index (χ0n) is 9.85. The Labute approximate surface area is 97.2 Å². The molecular formula is C15H17N. The number of benzene rings is 1. The quantitative estimate of drug-likeness (QED) is 0.739. The predicted octanol–water partition coefficient (Wildman–Crippen LogP) is 4.26. The van der Waals surface area contributed by atoms with Gasteiger partial charge in [0.15, 0.2) is 0 Å². The highest BCUT2D eigenvalue weighted by atomic mass is 14.7. The fourth-order valence-corrected chi connectivity index (χ4v) is 1.74. The second kappa shape index (κ2) is 4.93. The smallest absolute Gasteiger partial charge is 0.0437 e. The van der Waals surface area contributed by atoms with Gasteiger partial charge < -0.3 is 0 Å². The van der Waals surface area contributed by atoms with E-state index in [-0.39, 0.29) is 0 Å². The number of rotatable bonds is 3. The molecule has 0 fully saturated rings. The maximum Gasteiger partial charge on any atom is 0.0437 e. The van der Waals surface area contributed by atoms with Crippen molar-refractivity contribution in [3.05, 3.63) is 54.4 Å². The van der Waals surface area contributed by atoms with Crippen LogP contribution >= 0.6 is 0 Å². The van der Waals surface area contributed by atoms with Crippen molar-refractivity contribution in [3.8, 4) is 11.1 Å². The molecule has 0 saturated heterocycles. The van der Waals surface area contributed by atoms with Gasteiger partial charge in [-0.3, -0.25) is 4.98 Å². The first-order chi connectivity index (χ1) is 7.81. The van der Waals surface area contributed by atoms with Crippen LogP contribution in [0, 0.1) is 0 Å². The van der Waals surface area contributed by atoms with Crippen LogP contribution in [0.1, 0.15) is 31.9 Å². The van der Waals surface area contributed by atoms with Crippen molar-refractivity contribution in [2.24, 2.45) is 0 Å². The molecule has 0 saturated carbocycles. The summed E-state index contributed by atoms with van der Waals surface area (Å²) >= 11 is 0. The van der Waals surface area contributed by atoms with Crippen LogP contribution < -0.4 is 0 Å². The maximum atomic E-state index is 4.44. The standard InChI is InChI=1S/C15H17N/c1-3-12(2)15-11-14(9-10-16-15)13-7-5-4-6-8-13/h4-12H,3H2,1-2H3. The Morgan fingerprint density at radius 3 is 2.50 bits per heavy atom. The zero-order valence-corrected chi connectivity index (χ0v) is 9.85. The molecule has 1 aromatic carbocycles. The van der Waals surface area contributed by atoms with Gasteiger partial charge in [0.2, 0.25) is 0 Å². The summed E-state index contributed by atoms with van der Waals surface area (Å²) in [4.78, 5) is 4.44. The summed E-state index contributed by atoms with van der Waals surface area (Å²) in [6.45, 7) is 4.42. The van der Waals surface area contributed by atoms with Gasteiger partial charge in [-0.2, -0.15) is 0 Å². The summed E-state index contributed by atoms with van der Waals surface area (Å²) in [5, 5.41) is 0. The maximum absolute atomic E-state index is 4.44. The Morgan fingerprint density at radius 2 is 1.81 bits per heavy atom. The Balaban J connectivity index is 2.36. The first-order valence-corrected chi connectivity index (χ1v) is 5.82. The predicted molar refractivity (Wildman–Crippen MR) is 68.4 cm³/mol. The van der Waals surface area contributed by atoms with Crippen LogP contribution in [-0.4, -0.2) is 4.98 Å². The largest absolute Gasteiger partial charge is 0.261 e. The monoisotopic (exact) mass is 211 g/mol. The summed E-state index contributed by atoms with van der Waals surface area (Å²) in [5.74, 6) is 0.531. The lowest BCUT2D eigenvalue weighted by Crippen LogP contribution is -1.95. The van der Waals surface area contributed by atoms with Crippen LogP contribution in [-0.2, 0) is 0 Å². The number of hydrogen-bond acceptors (Lipinski definition) is 1. The van der Waals surface area contributed by atoms with Crippen molar-refractivity contribution >= 4 is 0 Å². The van der Waals surface area contributed by atoms with E-state index in [0.29, 0.717) is 5.92 Å². The van der Waals surface area contributed by atoms with Crippen LogP contribution in [0.25, 0.3) is 11.1 Å². The summed E-state index contributed by atoms with van der Waals surface area (Å²) < 4.78 is 0. The van der Waals surface area contributed by atoms with E-state index in [1.54, 1.807) is 0 Å². The number of hydrogen-bond donors (Lipinski definition) is 0. The number of aromatic nitrogens is 1. The molecule has 2 aromatic rings. The fourth-order valence-electron chi connectivity index (χ4n) is 1.74. The number of pyridine rings is 1. The van der Waals surface area contributed by atoms with Crippen LogP contribution in [0.5, 0.6) is 0 Å². The van der Waals surface area contributed by atoms with Crippen molar-refractivity contribution in [2.45, 2.75) is 26.2 Å². The summed E-state index contributed by atoms with van der Waals surface area (Å²) in [5.41, 5.74) is 3.70. The SMILES string of the molecule is CCC(C)c1cc(-c2ccccc2)ccn1. The Hall–Kier alpha value is -1.63. The molecule has 82 valence electrons. The van der Waals surface area contributed by atoms with E-state index in [9.17, 15) is 0 Å². The van der Waals surface area contributed by atoms with Crippen molar-refractivity contribution in [1.82, 2.24) is 4.98 Å². The lowest BCUT2D eigenvalue weighted by atomic mass is 10.00. The van der Waals surface area contributed by atoms with E-state index in [1.165, 1.54) is 16.8 Å². The molecule has 1 atom stereocenters. The molecule has 1 heterocycles. The molecule has 1 aromatic heterocycles. The van der Waals surface area contributed by atoms with Crippen LogP contribution in [0.3, 0.4) is 0 Å². The van der Waals surface area contributed by atoms with Gasteiger partial charge in [-0.05, 0) is 35.6 Å². The van der Waals surface area contributed by atoms with Gasteiger partial charge in [-0.15, -0.1) is 0 Å². The minimum atomic E-state index is 0.531. The average molecular weight is 211 g/mol. The van der Waals surface area contributed by atoms with Crippen molar-refractivity contribution in [1.29, 1.82) is 0 Å².